The zero-order chi connectivity index (χ0) is 101. The third kappa shape index (κ3) is 36.0. The first-order chi connectivity index (χ1) is 66.4. The van der Waals surface area contributed by atoms with Gasteiger partial charge in [0.1, 0.15) is 60.4 Å². The molecule has 2 aromatic carbocycles. The highest BCUT2D eigenvalue weighted by Gasteiger charge is 2.38. The van der Waals surface area contributed by atoms with E-state index in [1.165, 1.54) is 73.3 Å². The number of anilines is 2. The fraction of sp³-hybridized carbons (Fsp3) is 0.494. The minimum absolute atomic E-state index is 0.00177. The number of aryl methyl sites for hydroxylation is 1. The van der Waals surface area contributed by atoms with E-state index in [1.54, 1.807) is 49.9 Å². The standard InChI is InChI=1S/C85H115N29O25/c1-47-73(126)99-56(75(128)92-38-65(118)98-59(30-49-10-4-3-5-11-49)76(129)101-57(83(136)137)13-6-8-20-89-66(119)40-110-22-24-111(41-67(120)121)26-28-113(43-69(124)125)29-27-112(25-23-110)42-68(122)123)12-7-9-21-114-39-54(108-109-114)33-60(97-64(117)19-18-58(84(138)139)100-74(127)50-14-16-51(17-15-50)90-36-55-37-91-72-71(96-55)82(135)107-85(86)106-72)77(130)102-61(31-52-34-87-45-93-52)78(131)104-63(44-115)80(133)103-62(32-53-35-88-46-94-53)79(132)105-70(48(2)116)81(134)95-47/h3-5,10-11,14-17,34-35,37,39,45-48,56-63,70,90,115-116H,6-9,12-13,18-33,36,38,40-44H2,1-2H3,(H,87,93)(H,88,94)(H,89,119)(H,92,128)(H,95,134)(H,97,117)(H,98,118)(H,99,126)(H,100,127)(H,101,129)(H,102,130)(H,103,133)(H,104,131)(H,105,132)(H,120,121)(H,122,123)(H,124,125)(H,136,137)(H,138,139)(H3,86,91,106,107,135)/t47-,48+,56+,57+,58-,59+,60?,61-,62-,63-,70-/m0/s1. The van der Waals surface area contributed by atoms with Crippen LogP contribution in [-0.4, -0.2) is 376 Å². The number of H-pyrrole nitrogens is 3. The topological polar surface area (TPSA) is 787 Å². The lowest BCUT2D eigenvalue weighted by Gasteiger charge is -2.32. The van der Waals surface area contributed by atoms with Crippen LogP contribution < -0.4 is 80.4 Å². The van der Waals surface area contributed by atoms with E-state index in [0.717, 1.165) is 6.92 Å². The third-order valence-electron chi connectivity index (χ3n) is 22.2. The maximum Gasteiger partial charge on any atom is 0.326 e. The van der Waals surface area contributed by atoms with Crippen LogP contribution in [0.5, 0.6) is 0 Å². The number of hydrogen-bond acceptors (Lipinski definition) is 33. The van der Waals surface area contributed by atoms with Gasteiger partial charge in [-0.1, -0.05) is 35.5 Å². The first-order valence-electron chi connectivity index (χ1n) is 44.5. The summed E-state index contributed by atoms with van der Waals surface area (Å²) in [7, 11) is 0. The number of nitrogen functional groups attached to an aromatic ring is 1. The second kappa shape index (κ2) is 53.8. The molecule has 12 amide bonds. The number of nitrogens with zero attached hydrogens (tertiary/aromatic N) is 12. The highest BCUT2D eigenvalue weighted by atomic mass is 16.4. The normalized spacial score (nSPS) is 19.7. The molecule has 9 rings (SSSR count). The molecule has 54 heteroatoms. The van der Waals surface area contributed by atoms with Gasteiger partial charge >= 0.3 is 29.8 Å². The van der Waals surface area contributed by atoms with E-state index in [-0.39, 0.29) is 183 Å². The van der Waals surface area contributed by atoms with E-state index < -0.39 is 218 Å². The summed E-state index contributed by atoms with van der Waals surface area (Å²) in [6.45, 7) is 0.395. The largest absolute Gasteiger partial charge is 0.480 e. The van der Waals surface area contributed by atoms with Crippen molar-refractivity contribution in [2.75, 3.05) is 109 Å². The first-order valence-corrected chi connectivity index (χ1v) is 44.5. The summed E-state index contributed by atoms with van der Waals surface area (Å²) < 4.78 is 1.31. The third-order valence-corrected chi connectivity index (χ3v) is 22.2. The molecule has 2 bridgehead atoms. The Bertz CT molecular complexity index is 5430. The number of aromatic nitrogens is 11. The number of carbonyl (C=O) groups excluding carboxylic acids is 12. The van der Waals surface area contributed by atoms with E-state index in [2.05, 4.69) is 119 Å². The van der Waals surface area contributed by atoms with Gasteiger partial charge in [-0.3, -0.25) is 106 Å². The van der Waals surface area contributed by atoms with Gasteiger partial charge in [-0.05, 0) is 88.6 Å². The van der Waals surface area contributed by atoms with Crippen LogP contribution in [0.3, 0.4) is 0 Å². The van der Waals surface area contributed by atoms with Crippen molar-refractivity contribution in [3.63, 3.8) is 0 Å². The predicted octanol–water partition coefficient (Wildman–Crippen LogP) is -8.22. The van der Waals surface area contributed by atoms with Crippen LogP contribution in [0, 0.1) is 0 Å². The van der Waals surface area contributed by atoms with Gasteiger partial charge in [-0.15, -0.1) is 5.10 Å². The summed E-state index contributed by atoms with van der Waals surface area (Å²) in [6.07, 6.45) is 3.43. The number of amides is 12. The van der Waals surface area contributed by atoms with Crippen molar-refractivity contribution in [3.8, 4) is 0 Å². The molecule has 0 radical (unpaired) electrons. The molecule has 0 aliphatic carbocycles. The number of aliphatic hydroxyl groups excluding tert-OH is 2. The molecule has 2 aliphatic heterocycles. The van der Waals surface area contributed by atoms with E-state index in [4.69, 9.17) is 5.73 Å². The highest BCUT2D eigenvalue weighted by molar-refractivity contribution is 6.00. The minimum atomic E-state index is -1.92. The molecule has 7 heterocycles. The molecular formula is C85H115N29O25. The van der Waals surface area contributed by atoms with Gasteiger partial charge in [-0.2, -0.15) is 4.98 Å². The summed E-state index contributed by atoms with van der Waals surface area (Å²) in [4.78, 5) is 279. The molecule has 11 atom stereocenters. The summed E-state index contributed by atoms with van der Waals surface area (Å²) in [5, 5.41) is 113. The quantitative estimate of drug-likeness (QED) is 0.0160. The van der Waals surface area contributed by atoms with Gasteiger partial charge in [0, 0.05) is 139 Å². The Labute approximate surface area is 791 Å². The van der Waals surface area contributed by atoms with Crippen LogP contribution in [0.4, 0.5) is 11.6 Å². The van der Waals surface area contributed by atoms with Crippen LogP contribution in [0.15, 0.2) is 96.8 Å². The Kier molecular flexibility index (Phi) is 41.5. The molecule has 54 nitrogen and oxygen atoms in total. The van der Waals surface area contributed by atoms with E-state index in [9.17, 15) is 122 Å². The van der Waals surface area contributed by atoms with Crippen LogP contribution >= 0.6 is 0 Å². The first kappa shape index (κ1) is 107. The molecular weight excluding hydrogens is 1830 g/mol. The number of imidazole rings is 2. The average molecular weight is 1940 g/mol. The van der Waals surface area contributed by atoms with Crippen molar-refractivity contribution >= 4 is 124 Å². The molecule has 1 unspecified atom stereocenters. The number of carboxylic acid groups (broad SMARTS) is 5. The minimum Gasteiger partial charge on any atom is -0.480 e. The Morgan fingerprint density at radius 1 is 0.576 bits per heavy atom. The van der Waals surface area contributed by atoms with Crippen molar-refractivity contribution < 1.29 is 117 Å². The molecule has 0 spiro atoms. The lowest BCUT2D eigenvalue weighted by Crippen LogP contribution is -2.62. The van der Waals surface area contributed by atoms with E-state index in [1.807, 2.05) is 0 Å². The van der Waals surface area contributed by atoms with Crippen molar-refractivity contribution in [2.45, 2.75) is 171 Å². The number of benzene rings is 2. The molecule has 25 N–H and O–H groups in total. The van der Waals surface area contributed by atoms with Gasteiger partial charge in [0.2, 0.25) is 70.9 Å². The zero-order valence-corrected chi connectivity index (χ0v) is 75.9. The number of nitrogens with two attached hydrogens (primary N) is 1. The van der Waals surface area contributed by atoms with Gasteiger partial charge in [-0.25, -0.2) is 29.5 Å². The van der Waals surface area contributed by atoms with Crippen molar-refractivity contribution in [1.29, 1.82) is 0 Å². The van der Waals surface area contributed by atoms with Crippen LogP contribution in [-0.2, 0) is 115 Å². The fourth-order valence-electron chi connectivity index (χ4n) is 14.7. The lowest BCUT2D eigenvalue weighted by atomic mass is 10.0. The zero-order valence-electron chi connectivity index (χ0n) is 75.9. The van der Waals surface area contributed by atoms with E-state index >= 15 is 0 Å². The maximum atomic E-state index is 14.9. The summed E-state index contributed by atoms with van der Waals surface area (Å²) >= 11 is 0. The van der Waals surface area contributed by atoms with Gasteiger partial charge < -0.3 is 121 Å². The summed E-state index contributed by atoms with van der Waals surface area (Å²) in [5.41, 5.74) is 6.78. The fourth-order valence-corrected chi connectivity index (χ4v) is 14.7. The molecule has 750 valence electrons. The number of unbranched alkanes of at least 4 members (excludes halogenated alkanes) is 1. The molecule has 5 aromatic heterocycles. The number of aromatic amines is 3. The monoisotopic (exact) mass is 1940 g/mol. The maximum absolute atomic E-state index is 14.9. The van der Waals surface area contributed by atoms with E-state index in [0.29, 0.717) is 16.9 Å². The van der Waals surface area contributed by atoms with Crippen molar-refractivity contribution in [2.24, 2.45) is 0 Å². The number of hydrogen-bond donors (Lipinski definition) is 24. The molecule has 1 fully saturated rings. The SMILES string of the molecule is C[C@@H]1NC(=O)[C@H]([C@@H](C)O)NC(=O)[C@H](Cc2cnc[nH]2)NC(=O)[C@H](CO)NC(=O)[C@H](Cc2cnc[nH]2)NC(=O)C(NC(=O)CC[C@H](NC(=O)c2ccc(NCc3cnc4nc(N)[nH]c(=O)c4n3)cc2)C(=O)O)Cc2cn(nn2)CCCC[C@H](C(=O)NCC(=O)N[C@H](Cc2ccccc2)C(=O)N[C@H](CCCCNC(=O)CN2CCN(CC(=O)O)CCN(CC(=O)O)CCN(CC(=O)O)CC2)C(=O)O)NC1=O. The number of aliphatic carboxylic acids is 5. The summed E-state index contributed by atoms with van der Waals surface area (Å²) in [6, 6.07) is -2.82. The average Bonchev–Trinajstić information content (AvgIpc) is 1.55. The van der Waals surface area contributed by atoms with Crippen LogP contribution in [0.25, 0.3) is 11.2 Å². The molecule has 1 saturated heterocycles. The summed E-state index contributed by atoms with van der Waals surface area (Å²) in [5.74, 6) is -18.5. The molecule has 7 aromatic rings. The number of carboxylic acids is 5. The van der Waals surface area contributed by atoms with Crippen molar-refractivity contribution in [1.82, 2.24) is 138 Å². The Morgan fingerprint density at radius 2 is 1.15 bits per heavy atom. The number of rotatable bonds is 38. The Balaban J connectivity index is 0.882. The smallest absolute Gasteiger partial charge is 0.326 e. The highest BCUT2D eigenvalue weighted by Crippen LogP contribution is 2.17. The molecule has 0 saturated carbocycles. The second-order valence-electron chi connectivity index (χ2n) is 33.1. The van der Waals surface area contributed by atoms with Crippen molar-refractivity contribution in [3.05, 3.63) is 136 Å². The van der Waals surface area contributed by atoms with Gasteiger partial charge in [0.05, 0.1) is 82.2 Å². The number of aliphatic hydroxyl groups is 2. The van der Waals surface area contributed by atoms with Gasteiger partial charge in [0.15, 0.2) is 11.2 Å². The van der Waals surface area contributed by atoms with Gasteiger partial charge in [0.25, 0.3) is 11.5 Å². The number of fused-ring (bicyclic) bond motifs is 3. The van der Waals surface area contributed by atoms with Crippen LogP contribution in [0.2, 0.25) is 0 Å². The van der Waals surface area contributed by atoms with Crippen LogP contribution in [0.1, 0.15) is 104 Å². The number of carbonyl (C=O) groups is 17. The Hall–Kier alpha value is -15.4. The predicted molar refractivity (Wildman–Crippen MR) is 485 cm³/mol. The lowest BCUT2D eigenvalue weighted by molar-refractivity contribution is -0.142. The molecule has 139 heavy (non-hydrogen) atoms. The number of nitrogens with one attached hydrogen (secondary N) is 16. The molecule has 2 aliphatic rings. The Morgan fingerprint density at radius 3 is 1.73 bits per heavy atom. The second-order valence-corrected chi connectivity index (χ2v) is 33.1.